The lowest BCUT2D eigenvalue weighted by molar-refractivity contribution is -0.121. The van der Waals surface area contributed by atoms with Crippen LogP contribution in [-0.4, -0.2) is 24.8 Å². The molecular formula is C20H31ClN2O3S. The van der Waals surface area contributed by atoms with E-state index in [0.717, 1.165) is 37.9 Å². The Kier molecular flexibility index (Phi) is 7.72. The monoisotopic (exact) mass is 414 g/mol. The molecule has 1 fully saturated rings. The summed E-state index contributed by atoms with van der Waals surface area (Å²) in [6.07, 6.45) is 4.37. The number of carbonyl (C=O) groups is 1. The molecule has 0 saturated heterocycles. The normalized spacial score (nSPS) is 18.6. The molecule has 1 aromatic carbocycles. The fraction of sp³-hybridized carbons (Fsp3) is 0.650. The van der Waals surface area contributed by atoms with Gasteiger partial charge in [0.25, 0.3) is 0 Å². The average Bonchev–Trinajstić information content (AvgIpc) is 3.08. The summed E-state index contributed by atoms with van der Waals surface area (Å²) in [4.78, 5) is 12.8. The quantitative estimate of drug-likeness (QED) is 0.749. The van der Waals surface area contributed by atoms with Crippen LogP contribution in [-0.2, 0) is 34.3 Å². The third-order valence-electron chi connectivity index (χ3n) is 5.60. The number of fused-ring (bicyclic) bond motifs is 1. The van der Waals surface area contributed by atoms with Crippen LogP contribution in [0.2, 0.25) is 0 Å². The van der Waals surface area contributed by atoms with Gasteiger partial charge in [0.15, 0.2) is 9.84 Å². The lowest BCUT2D eigenvalue weighted by Gasteiger charge is -2.28. The molecule has 1 heterocycles. The van der Waals surface area contributed by atoms with Gasteiger partial charge in [-0.1, -0.05) is 51.3 Å². The Balaban J connectivity index is 0.00000261. The zero-order valence-electron chi connectivity index (χ0n) is 16.2. The zero-order valence-corrected chi connectivity index (χ0v) is 17.8. The van der Waals surface area contributed by atoms with Crippen molar-refractivity contribution in [1.82, 2.24) is 10.6 Å². The number of nitrogens with one attached hydrogen (secondary N) is 2. The van der Waals surface area contributed by atoms with Gasteiger partial charge in [-0.25, -0.2) is 8.42 Å². The van der Waals surface area contributed by atoms with Gasteiger partial charge in [0.1, 0.15) is 5.25 Å². The Labute approximate surface area is 169 Å². The van der Waals surface area contributed by atoms with Gasteiger partial charge in [-0.2, -0.15) is 0 Å². The van der Waals surface area contributed by atoms with Crippen LogP contribution < -0.4 is 10.6 Å². The smallest absolute Gasteiger partial charge is 0.238 e. The van der Waals surface area contributed by atoms with Crippen LogP contribution in [0.5, 0.6) is 0 Å². The highest BCUT2D eigenvalue weighted by Crippen LogP contribution is 2.29. The van der Waals surface area contributed by atoms with E-state index in [1.165, 1.54) is 11.1 Å². The molecule has 0 spiro atoms. The first-order chi connectivity index (χ1) is 12.4. The Hall–Kier alpha value is -1.11. The van der Waals surface area contributed by atoms with Crippen molar-refractivity contribution in [2.24, 2.45) is 5.92 Å². The van der Waals surface area contributed by atoms with Crippen molar-refractivity contribution in [3.63, 3.8) is 0 Å². The largest absolute Gasteiger partial charge is 0.351 e. The maximum absolute atomic E-state index is 13.1. The number of hydrogen-bond donors (Lipinski definition) is 2. The summed E-state index contributed by atoms with van der Waals surface area (Å²) in [5, 5.41) is 4.86. The fourth-order valence-electron chi connectivity index (χ4n) is 4.18. The molecule has 1 unspecified atom stereocenters. The molecule has 1 amide bonds. The van der Waals surface area contributed by atoms with E-state index in [1.54, 1.807) is 0 Å². The molecule has 27 heavy (non-hydrogen) atoms. The van der Waals surface area contributed by atoms with Gasteiger partial charge in [0.2, 0.25) is 5.91 Å². The summed E-state index contributed by atoms with van der Waals surface area (Å²) in [5.41, 5.74) is 3.56. The number of rotatable bonds is 6. The first-order valence-corrected chi connectivity index (χ1v) is 11.3. The molecular weight excluding hydrogens is 384 g/mol. The number of hydrogen-bond acceptors (Lipinski definition) is 4. The third-order valence-corrected chi connectivity index (χ3v) is 8.47. The molecule has 0 radical (unpaired) electrons. The molecule has 7 heteroatoms. The zero-order chi connectivity index (χ0) is 18.7. The minimum absolute atomic E-state index is 0. The van der Waals surface area contributed by atoms with Crippen molar-refractivity contribution in [2.75, 3.05) is 0 Å². The predicted molar refractivity (Wildman–Crippen MR) is 110 cm³/mol. The Bertz CT molecular complexity index is 758. The van der Waals surface area contributed by atoms with Crippen LogP contribution in [0.3, 0.4) is 0 Å². The van der Waals surface area contributed by atoms with Gasteiger partial charge >= 0.3 is 0 Å². The number of amides is 1. The summed E-state index contributed by atoms with van der Waals surface area (Å²) < 4.78 is 26.1. The van der Waals surface area contributed by atoms with Crippen LogP contribution in [0.25, 0.3) is 0 Å². The highest BCUT2D eigenvalue weighted by atomic mass is 35.5. The van der Waals surface area contributed by atoms with Gasteiger partial charge in [-0.3, -0.25) is 4.79 Å². The van der Waals surface area contributed by atoms with E-state index in [4.69, 9.17) is 0 Å². The second-order valence-corrected chi connectivity index (χ2v) is 10.3. The van der Waals surface area contributed by atoms with Crippen molar-refractivity contribution < 1.29 is 13.2 Å². The van der Waals surface area contributed by atoms with Crippen LogP contribution >= 0.6 is 12.4 Å². The topological polar surface area (TPSA) is 75.3 Å². The summed E-state index contributed by atoms with van der Waals surface area (Å²) in [7, 11) is -3.46. The minimum Gasteiger partial charge on any atom is -0.351 e. The van der Waals surface area contributed by atoms with Crippen molar-refractivity contribution in [2.45, 2.75) is 76.1 Å². The second kappa shape index (κ2) is 9.39. The van der Waals surface area contributed by atoms with Crippen molar-refractivity contribution in [1.29, 1.82) is 0 Å². The van der Waals surface area contributed by atoms with E-state index < -0.39 is 15.1 Å². The second-order valence-electron chi connectivity index (χ2n) is 7.94. The fourth-order valence-corrected chi connectivity index (χ4v) is 6.73. The highest BCUT2D eigenvalue weighted by Gasteiger charge is 2.40. The Morgan fingerprint density at radius 1 is 1.15 bits per heavy atom. The van der Waals surface area contributed by atoms with Crippen molar-refractivity contribution in [3.05, 3.63) is 34.9 Å². The van der Waals surface area contributed by atoms with Crippen molar-refractivity contribution >= 4 is 28.2 Å². The molecule has 5 nitrogen and oxygen atoms in total. The van der Waals surface area contributed by atoms with Gasteiger partial charge in [-0.05, 0) is 35.4 Å². The maximum Gasteiger partial charge on any atom is 0.238 e. The molecule has 1 aliphatic heterocycles. The average molecular weight is 415 g/mol. The molecule has 2 N–H and O–H groups in total. The van der Waals surface area contributed by atoms with E-state index in [9.17, 15) is 13.2 Å². The molecule has 2 aliphatic rings. The number of halogens is 1. The molecule has 1 aliphatic carbocycles. The number of benzene rings is 1. The van der Waals surface area contributed by atoms with Gasteiger partial charge < -0.3 is 10.6 Å². The van der Waals surface area contributed by atoms with E-state index in [0.29, 0.717) is 19.4 Å². The van der Waals surface area contributed by atoms with E-state index in [1.807, 2.05) is 19.9 Å². The predicted octanol–water partition coefficient (Wildman–Crippen LogP) is 3.10. The van der Waals surface area contributed by atoms with Crippen LogP contribution in [0.4, 0.5) is 0 Å². The van der Waals surface area contributed by atoms with E-state index in [2.05, 4.69) is 22.8 Å². The first kappa shape index (κ1) is 22.2. The molecule has 1 saturated carbocycles. The summed E-state index contributed by atoms with van der Waals surface area (Å²) in [5.74, 6) is -0.588. The summed E-state index contributed by atoms with van der Waals surface area (Å²) in [6.45, 7) is 5.76. The Morgan fingerprint density at radius 2 is 1.81 bits per heavy atom. The van der Waals surface area contributed by atoms with Crippen molar-refractivity contribution in [3.8, 4) is 0 Å². The summed E-state index contributed by atoms with van der Waals surface area (Å²) >= 11 is 0. The molecule has 152 valence electrons. The highest BCUT2D eigenvalue weighted by molar-refractivity contribution is 7.93. The molecule has 0 bridgehead atoms. The number of sulfone groups is 1. The van der Waals surface area contributed by atoms with Crippen LogP contribution in [0.15, 0.2) is 18.2 Å². The lowest BCUT2D eigenvalue weighted by Crippen LogP contribution is -2.47. The van der Waals surface area contributed by atoms with E-state index in [-0.39, 0.29) is 29.5 Å². The lowest BCUT2D eigenvalue weighted by atomic mass is 10.0. The van der Waals surface area contributed by atoms with E-state index >= 15 is 0 Å². The number of carbonyl (C=O) groups excluding carboxylic acids is 1. The van der Waals surface area contributed by atoms with Gasteiger partial charge in [0.05, 0.1) is 5.25 Å². The molecule has 3 rings (SSSR count). The van der Waals surface area contributed by atoms with Crippen LogP contribution in [0, 0.1) is 5.92 Å². The Morgan fingerprint density at radius 3 is 2.48 bits per heavy atom. The third kappa shape index (κ3) is 5.04. The summed E-state index contributed by atoms with van der Waals surface area (Å²) in [6, 6.07) is 6.18. The molecule has 1 aromatic rings. The standard InChI is InChI=1S/C20H30N2O3S.ClH/c1-14(2)19(26(24,25)18-6-4-3-5-7-18)20(23)22-11-15-8-9-16-12-21-13-17(16)10-15;/h8-10,14,18-19,21H,3-7,11-13H2,1-2H3,(H,22,23);1H. The maximum atomic E-state index is 13.1. The van der Waals surface area contributed by atoms with Gasteiger partial charge in [0, 0.05) is 19.6 Å². The SMILES string of the molecule is CC(C)C(C(=O)NCc1ccc2c(c1)CNC2)S(=O)(=O)C1CCCCC1.Cl. The van der Waals surface area contributed by atoms with Gasteiger partial charge in [-0.15, -0.1) is 12.4 Å². The van der Waals surface area contributed by atoms with Crippen LogP contribution in [0.1, 0.15) is 62.6 Å². The molecule has 0 aromatic heterocycles. The molecule has 1 atom stereocenters. The minimum atomic E-state index is -3.46. The first-order valence-electron chi connectivity index (χ1n) is 9.71.